The second-order valence-corrected chi connectivity index (χ2v) is 3.20. The van der Waals surface area contributed by atoms with E-state index in [4.69, 9.17) is 10.4 Å². The molecule has 0 aliphatic carbocycles. The number of rotatable bonds is 3. The third kappa shape index (κ3) is 2.11. The molecule has 0 aliphatic heterocycles. The van der Waals surface area contributed by atoms with Crippen molar-refractivity contribution in [2.45, 2.75) is 12.8 Å². The summed E-state index contributed by atoms with van der Waals surface area (Å²) in [5, 5.41) is 28.5. The summed E-state index contributed by atoms with van der Waals surface area (Å²) in [5.41, 5.74) is 0.209. The van der Waals surface area contributed by atoms with Crippen molar-refractivity contribution in [1.82, 2.24) is 0 Å². The summed E-state index contributed by atoms with van der Waals surface area (Å²) < 4.78 is 0. The lowest BCUT2D eigenvalue weighted by Crippen LogP contribution is -2.05. The Hall–Kier alpha value is -1.93. The summed E-state index contributed by atoms with van der Waals surface area (Å²) in [6.45, 7) is 1.49. The molecule has 0 heterocycles. The van der Waals surface area contributed by atoms with E-state index in [0.29, 0.717) is 5.56 Å². The van der Waals surface area contributed by atoms with Crippen LogP contribution in [0.4, 0.5) is 5.69 Å². The molecule has 0 saturated heterocycles. The Morgan fingerprint density at radius 1 is 1.67 bits per heavy atom. The van der Waals surface area contributed by atoms with Crippen LogP contribution >= 0.6 is 0 Å². The van der Waals surface area contributed by atoms with Crippen molar-refractivity contribution in [3.63, 3.8) is 0 Å². The second kappa shape index (κ2) is 4.53. The highest BCUT2D eigenvalue weighted by Crippen LogP contribution is 2.29. The van der Waals surface area contributed by atoms with Crippen LogP contribution in [0.25, 0.3) is 0 Å². The fraction of sp³-hybridized carbons (Fsp3) is 0.300. The minimum Gasteiger partial charge on any atom is -0.396 e. The van der Waals surface area contributed by atoms with E-state index < -0.39 is 4.92 Å². The molecule has 0 bridgehead atoms. The van der Waals surface area contributed by atoms with Crippen LogP contribution in [0.1, 0.15) is 24.0 Å². The van der Waals surface area contributed by atoms with Crippen molar-refractivity contribution in [2.75, 3.05) is 6.61 Å². The van der Waals surface area contributed by atoms with Crippen LogP contribution in [0.5, 0.6) is 0 Å². The van der Waals surface area contributed by atoms with Gasteiger partial charge in [-0.05, 0) is 6.07 Å². The molecule has 5 nitrogen and oxygen atoms in total. The highest BCUT2D eigenvalue weighted by molar-refractivity contribution is 5.55. The number of nitro groups is 1. The number of nitro benzene ring substituents is 1. The fourth-order valence-corrected chi connectivity index (χ4v) is 1.35. The van der Waals surface area contributed by atoms with E-state index in [0.717, 1.165) is 0 Å². The van der Waals surface area contributed by atoms with Crippen molar-refractivity contribution in [2.24, 2.45) is 0 Å². The Balaban J connectivity index is 3.40. The molecule has 0 aromatic heterocycles. The number of nitriles is 1. The smallest absolute Gasteiger partial charge is 0.290 e. The molecule has 15 heavy (non-hydrogen) atoms. The summed E-state index contributed by atoms with van der Waals surface area (Å²) >= 11 is 0. The van der Waals surface area contributed by atoms with Gasteiger partial charge in [0, 0.05) is 18.1 Å². The molecule has 1 aromatic rings. The number of hydrogen-bond acceptors (Lipinski definition) is 4. The van der Waals surface area contributed by atoms with Crippen molar-refractivity contribution >= 4 is 5.69 Å². The van der Waals surface area contributed by atoms with Crippen LogP contribution < -0.4 is 0 Å². The number of para-hydroxylation sites is 1. The monoisotopic (exact) mass is 206 g/mol. The van der Waals surface area contributed by atoms with Gasteiger partial charge in [0.2, 0.25) is 0 Å². The van der Waals surface area contributed by atoms with Crippen molar-refractivity contribution in [3.05, 3.63) is 39.4 Å². The lowest BCUT2D eigenvalue weighted by molar-refractivity contribution is -0.386. The maximum absolute atomic E-state index is 10.8. The first kappa shape index (κ1) is 11.1. The molecule has 1 N–H and O–H groups in total. The molecule has 0 spiro atoms. The minimum absolute atomic E-state index is 0.0257. The van der Waals surface area contributed by atoms with Gasteiger partial charge in [0.15, 0.2) is 0 Å². The van der Waals surface area contributed by atoms with Gasteiger partial charge in [-0.2, -0.15) is 5.26 Å². The fourth-order valence-electron chi connectivity index (χ4n) is 1.35. The SMILES string of the molecule is CC(CO)c1cccc(C#N)c1[N+](=O)[O-]. The standard InChI is InChI=1S/C10H10N2O3/c1-7(6-13)9-4-2-3-8(5-11)10(9)12(14)15/h2-4,7,13H,6H2,1H3. The lowest BCUT2D eigenvalue weighted by atomic mass is 9.97. The molecule has 0 fully saturated rings. The molecule has 0 saturated carbocycles. The van der Waals surface area contributed by atoms with Gasteiger partial charge in [-0.3, -0.25) is 10.1 Å². The van der Waals surface area contributed by atoms with Crippen molar-refractivity contribution in [3.8, 4) is 6.07 Å². The molecular formula is C10H10N2O3. The van der Waals surface area contributed by atoms with Gasteiger partial charge in [-0.1, -0.05) is 19.1 Å². The predicted octanol–water partition coefficient (Wildman–Crippen LogP) is 1.56. The quantitative estimate of drug-likeness (QED) is 0.600. The number of aliphatic hydroxyl groups excluding tert-OH is 1. The first-order chi connectivity index (χ1) is 7.11. The Labute approximate surface area is 86.7 Å². The van der Waals surface area contributed by atoms with Crippen LogP contribution in [0.3, 0.4) is 0 Å². The first-order valence-corrected chi connectivity index (χ1v) is 4.40. The highest BCUT2D eigenvalue weighted by Gasteiger charge is 2.22. The molecule has 1 atom stereocenters. The Bertz CT molecular complexity index is 423. The average Bonchev–Trinajstić information content (AvgIpc) is 2.26. The Morgan fingerprint density at radius 2 is 2.33 bits per heavy atom. The molecule has 0 radical (unpaired) electrons. The largest absolute Gasteiger partial charge is 0.396 e. The third-order valence-corrected chi connectivity index (χ3v) is 2.18. The van der Waals surface area contributed by atoms with E-state index in [1.807, 2.05) is 0 Å². The molecule has 1 unspecified atom stereocenters. The molecule has 0 amide bonds. The van der Waals surface area contributed by atoms with Crippen LogP contribution in [-0.2, 0) is 0 Å². The number of hydrogen-bond donors (Lipinski definition) is 1. The van der Waals surface area contributed by atoms with Gasteiger partial charge in [-0.15, -0.1) is 0 Å². The molecule has 1 aromatic carbocycles. The topological polar surface area (TPSA) is 87.2 Å². The van der Waals surface area contributed by atoms with Gasteiger partial charge >= 0.3 is 0 Å². The summed E-state index contributed by atoms with van der Waals surface area (Å²) in [4.78, 5) is 10.2. The van der Waals surface area contributed by atoms with E-state index in [2.05, 4.69) is 0 Å². The summed E-state index contributed by atoms with van der Waals surface area (Å²) in [6.07, 6.45) is 0. The van der Waals surface area contributed by atoms with Gasteiger partial charge in [0.25, 0.3) is 5.69 Å². The van der Waals surface area contributed by atoms with Crippen molar-refractivity contribution in [1.29, 1.82) is 5.26 Å². The number of benzene rings is 1. The molecule has 0 aliphatic rings. The van der Waals surface area contributed by atoms with Crippen LogP contribution in [-0.4, -0.2) is 16.6 Å². The molecular weight excluding hydrogens is 196 g/mol. The minimum atomic E-state index is -0.583. The molecule has 1 rings (SSSR count). The highest BCUT2D eigenvalue weighted by atomic mass is 16.6. The van der Waals surface area contributed by atoms with E-state index in [9.17, 15) is 10.1 Å². The normalized spacial score (nSPS) is 11.8. The summed E-state index contributed by atoms with van der Waals surface area (Å²) in [6, 6.07) is 6.30. The maximum atomic E-state index is 10.8. The van der Waals surface area contributed by atoms with Crippen LogP contribution in [0.2, 0.25) is 0 Å². The van der Waals surface area contributed by atoms with Gasteiger partial charge in [-0.25, -0.2) is 0 Å². The average molecular weight is 206 g/mol. The zero-order chi connectivity index (χ0) is 11.4. The third-order valence-electron chi connectivity index (χ3n) is 2.18. The molecule has 5 heteroatoms. The van der Waals surface area contributed by atoms with E-state index in [1.54, 1.807) is 25.1 Å². The lowest BCUT2D eigenvalue weighted by Gasteiger charge is -2.09. The van der Waals surface area contributed by atoms with E-state index in [-0.39, 0.29) is 23.8 Å². The maximum Gasteiger partial charge on any atom is 0.290 e. The zero-order valence-electron chi connectivity index (χ0n) is 8.17. The van der Waals surface area contributed by atoms with Gasteiger partial charge in [0.05, 0.1) is 4.92 Å². The Morgan fingerprint density at radius 3 is 2.80 bits per heavy atom. The zero-order valence-corrected chi connectivity index (χ0v) is 8.17. The van der Waals surface area contributed by atoms with Crippen LogP contribution in [0.15, 0.2) is 18.2 Å². The van der Waals surface area contributed by atoms with E-state index >= 15 is 0 Å². The predicted molar refractivity (Wildman–Crippen MR) is 53.3 cm³/mol. The van der Waals surface area contributed by atoms with Crippen molar-refractivity contribution < 1.29 is 10.0 Å². The summed E-state index contributed by atoms with van der Waals surface area (Å²) in [5.74, 6) is -0.348. The number of aliphatic hydroxyl groups is 1. The number of nitrogens with zero attached hydrogens (tertiary/aromatic N) is 2. The molecule has 78 valence electrons. The summed E-state index contributed by atoms with van der Waals surface area (Å²) in [7, 11) is 0. The van der Waals surface area contributed by atoms with Crippen LogP contribution in [0, 0.1) is 21.4 Å². The van der Waals surface area contributed by atoms with E-state index in [1.165, 1.54) is 6.07 Å². The second-order valence-electron chi connectivity index (χ2n) is 3.20. The first-order valence-electron chi connectivity index (χ1n) is 4.40. The van der Waals surface area contributed by atoms with Gasteiger partial charge < -0.3 is 5.11 Å². The Kier molecular flexibility index (Phi) is 3.37. The van der Waals surface area contributed by atoms with Gasteiger partial charge in [0.1, 0.15) is 11.6 Å².